The van der Waals surface area contributed by atoms with Crippen molar-refractivity contribution in [2.45, 2.75) is 51.8 Å². The van der Waals surface area contributed by atoms with Gasteiger partial charge in [-0.05, 0) is 66.6 Å². The van der Waals surface area contributed by atoms with Gasteiger partial charge >= 0.3 is 0 Å². The first-order valence-electron chi connectivity index (χ1n) is 10.5. The molecule has 4 nitrogen and oxygen atoms in total. The number of fused-ring (bicyclic) bond motifs is 1. The van der Waals surface area contributed by atoms with Crippen LogP contribution >= 0.6 is 0 Å². The van der Waals surface area contributed by atoms with Crippen LogP contribution in [0.5, 0.6) is 0 Å². The van der Waals surface area contributed by atoms with Gasteiger partial charge in [-0.3, -0.25) is 0 Å². The highest BCUT2D eigenvalue weighted by Crippen LogP contribution is 2.50. The van der Waals surface area contributed by atoms with Crippen LogP contribution in [0.25, 0.3) is 0 Å². The minimum Gasteiger partial charge on any atom is -0.387 e. The van der Waals surface area contributed by atoms with E-state index in [0.717, 1.165) is 19.5 Å². The van der Waals surface area contributed by atoms with Crippen LogP contribution in [0, 0.1) is 5.92 Å². The molecule has 148 valence electrons. The van der Waals surface area contributed by atoms with Gasteiger partial charge in [0, 0.05) is 19.7 Å². The summed E-state index contributed by atoms with van der Waals surface area (Å²) in [5, 5.41) is 3.57. The zero-order valence-corrected chi connectivity index (χ0v) is 16.9. The molecule has 1 fully saturated rings. The molecule has 4 heteroatoms. The molecule has 0 saturated heterocycles. The lowest BCUT2D eigenvalue weighted by Crippen LogP contribution is -2.43. The standard InChI is InChI=1S/C24H31N3O/c1-3-28-24(22-13-8-14-23-21(22)17-26-27-23)18(2)9-7-12-20(24)16-25-15-19-10-5-4-6-11-19/h4-6,8,10-11,13-14,16,18,25-27H,3,7,9,12,15,17H2,1-2H3/b20-16+. The molecule has 2 aromatic carbocycles. The normalized spacial score (nSPS) is 25.4. The Kier molecular flexibility index (Phi) is 5.69. The Labute approximate surface area is 168 Å². The topological polar surface area (TPSA) is 45.3 Å². The second-order valence-corrected chi connectivity index (χ2v) is 7.81. The van der Waals surface area contributed by atoms with E-state index in [1.54, 1.807) is 0 Å². The molecule has 3 N–H and O–H groups in total. The van der Waals surface area contributed by atoms with Crippen molar-refractivity contribution >= 4 is 5.69 Å². The largest absolute Gasteiger partial charge is 0.387 e. The summed E-state index contributed by atoms with van der Waals surface area (Å²) in [6.07, 6.45) is 5.69. The summed E-state index contributed by atoms with van der Waals surface area (Å²) >= 11 is 0. The molecule has 1 aliphatic carbocycles. The second-order valence-electron chi connectivity index (χ2n) is 7.81. The number of benzene rings is 2. The van der Waals surface area contributed by atoms with Crippen LogP contribution in [0.2, 0.25) is 0 Å². The van der Waals surface area contributed by atoms with Crippen molar-refractivity contribution in [3.63, 3.8) is 0 Å². The van der Waals surface area contributed by atoms with Crippen molar-refractivity contribution in [2.24, 2.45) is 5.92 Å². The fraction of sp³-hybridized carbons (Fsp3) is 0.417. The van der Waals surface area contributed by atoms with Crippen LogP contribution in [0.4, 0.5) is 5.69 Å². The smallest absolute Gasteiger partial charge is 0.119 e. The summed E-state index contributed by atoms with van der Waals surface area (Å²) in [4.78, 5) is 0. The molecule has 0 aromatic heterocycles. The Bertz CT molecular complexity index is 833. The zero-order valence-electron chi connectivity index (χ0n) is 16.9. The predicted octanol–water partition coefficient (Wildman–Crippen LogP) is 4.84. The average Bonchev–Trinajstić information content (AvgIpc) is 3.20. The van der Waals surface area contributed by atoms with E-state index in [4.69, 9.17) is 4.74 Å². The first-order chi connectivity index (χ1) is 13.8. The van der Waals surface area contributed by atoms with Gasteiger partial charge in [-0.15, -0.1) is 0 Å². The highest BCUT2D eigenvalue weighted by molar-refractivity contribution is 5.60. The second kappa shape index (κ2) is 8.38. The summed E-state index contributed by atoms with van der Waals surface area (Å²) in [5.41, 5.74) is 12.7. The van der Waals surface area contributed by atoms with Gasteiger partial charge < -0.3 is 15.5 Å². The molecule has 4 rings (SSSR count). The maximum Gasteiger partial charge on any atom is 0.119 e. The van der Waals surface area contributed by atoms with Crippen LogP contribution in [-0.2, 0) is 23.4 Å². The van der Waals surface area contributed by atoms with Gasteiger partial charge in [-0.2, -0.15) is 0 Å². The summed E-state index contributed by atoms with van der Waals surface area (Å²) in [6.45, 7) is 6.81. The van der Waals surface area contributed by atoms with Crippen molar-refractivity contribution in [3.8, 4) is 0 Å². The van der Waals surface area contributed by atoms with Crippen LogP contribution in [-0.4, -0.2) is 6.61 Å². The molecule has 1 aliphatic heterocycles. The van der Waals surface area contributed by atoms with Crippen molar-refractivity contribution < 1.29 is 4.74 Å². The molecule has 0 spiro atoms. The number of nitrogens with one attached hydrogen (secondary N) is 3. The van der Waals surface area contributed by atoms with Crippen LogP contribution in [0.1, 0.15) is 49.8 Å². The molecule has 2 unspecified atom stereocenters. The molecular weight excluding hydrogens is 346 g/mol. The lowest BCUT2D eigenvalue weighted by atomic mass is 9.68. The molecule has 2 aliphatic rings. The Morgan fingerprint density at radius 1 is 1.18 bits per heavy atom. The van der Waals surface area contributed by atoms with E-state index in [0.29, 0.717) is 12.5 Å². The number of hydrazine groups is 1. The van der Waals surface area contributed by atoms with Gasteiger partial charge in [-0.1, -0.05) is 49.4 Å². The minimum atomic E-state index is -0.365. The first-order valence-corrected chi connectivity index (χ1v) is 10.5. The molecule has 0 amide bonds. The molecule has 0 bridgehead atoms. The molecule has 0 radical (unpaired) electrons. The van der Waals surface area contributed by atoms with E-state index in [1.807, 2.05) is 0 Å². The van der Waals surface area contributed by atoms with Crippen LogP contribution < -0.4 is 16.2 Å². The number of ether oxygens (including phenoxy) is 1. The lowest BCUT2D eigenvalue weighted by molar-refractivity contribution is -0.0691. The third-order valence-corrected chi connectivity index (χ3v) is 6.12. The number of anilines is 1. The van der Waals surface area contributed by atoms with E-state index in [1.165, 1.54) is 40.8 Å². The fourth-order valence-electron chi connectivity index (χ4n) is 4.82. The summed E-state index contributed by atoms with van der Waals surface area (Å²) in [7, 11) is 0. The van der Waals surface area contributed by atoms with E-state index >= 15 is 0 Å². The highest BCUT2D eigenvalue weighted by atomic mass is 16.5. The zero-order chi connectivity index (χ0) is 19.4. The quantitative estimate of drug-likeness (QED) is 0.674. The Morgan fingerprint density at radius 2 is 2.04 bits per heavy atom. The van der Waals surface area contributed by atoms with Gasteiger partial charge in [-0.25, -0.2) is 5.43 Å². The molecular formula is C24H31N3O. The molecule has 2 aromatic rings. The number of hydrogen-bond acceptors (Lipinski definition) is 4. The lowest BCUT2D eigenvalue weighted by Gasteiger charge is -2.45. The van der Waals surface area contributed by atoms with E-state index in [9.17, 15) is 0 Å². The molecule has 2 atom stereocenters. The van der Waals surface area contributed by atoms with Crippen molar-refractivity contribution in [1.29, 1.82) is 0 Å². The molecule has 1 saturated carbocycles. The van der Waals surface area contributed by atoms with Gasteiger partial charge in [0.2, 0.25) is 0 Å². The van der Waals surface area contributed by atoms with Crippen LogP contribution in [0.3, 0.4) is 0 Å². The van der Waals surface area contributed by atoms with Gasteiger partial charge in [0.1, 0.15) is 5.60 Å². The number of hydrogen-bond donors (Lipinski definition) is 3. The monoisotopic (exact) mass is 377 g/mol. The van der Waals surface area contributed by atoms with Crippen molar-refractivity contribution in [1.82, 2.24) is 10.7 Å². The third kappa shape index (κ3) is 3.43. The minimum absolute atomic E-state index is 0.365. The summed E-state index contributed by atoms with van der Waals surface area (Å²) in [6, 6.07) is 17.1. The SMILES string of the molecule is CCOC1(c2cccc3c2CNN3)/C(=C/NCc2ccccc2)CCCC1C. The first kappa shape index (κ1) is 19.0. The van der Waals surface area contributed by atoms with Gasteiger partial charge in [0.05, 0.1) is 5.69 Å². The van der Waals surface area contributed by atoms with Crippen LogP contribution in [0.15, 0.2) is 60.3 Å². The third-order valence-electron chi connectivity index (χ3n) is 6.12. The molecule has 28 heavy (non-hydrogen) atoms. The Balaban J connectivity index is 1.71. The Hall–Kier alpha value is -2.30. The van der Waals surface area contributed by atoms with E-state index in [-0.39, 0.29) is 5.60 Å². The summed E-state index contributed by atoms with van der Waals surface area (Å²) < 4.78 is 6.65. The summed E-state index contributed by atoms with van der Waals surface area (Å²) in [5.74, 6) is 0.429. The van der Waals surface area contributed by atoms with Crippen molar-refractivity contribution in [3.05, 3.63) is 77.0 Å². The van der Waals surface area contributed by atoms with Crippen molar-refractivity contribution in [2.75, 3.05) is 12.0 Å². The van der Waals surface area contributed by atoms with Gasteiger partial charge in [0.25, 0.3) is 0 Å². The predicted molar refractivity (Wildman–Crippen MR) is 115 cm³/mol. The maximum absolute atomic E-state index is 6.65. The fourth-order valence-corrected chi connectivity index (χ4v) is 4.82. The average molecular weight is 378 g/mol. The van der Waals surface area contributed by atoms with E-state index in [2.05, 4.69) is 84.7 Å². The van der Waals surface area contributed by atoms with Gasteiger partial charge in [0.15, 0.2) is 0 Å². The Morgan fingerprint density at radius 3 is 2.86 bits per heavy atom. The number of rotatable bonds is 6. The molecule has 1 heterocycles. The highest BCUT2D eigenvalue weighted by Gasteiger charge is 2.46. The van der Waals surface area contributed by atoms with E-state index < -0.39 is 0 Å². The maximum atomic E-state index is 6.65.